The molecule has 0 saturated carbocycles. The Kier molecular flexibility index (Phi) is 3.04. The van der Waals surface area contributed by atoms with Crippen molar-refractivity contribution in [3.63, 3.8) is 0 Å². The second-order valence-corrected chi connectivity index (χ2v) is 5.57. The zero-order valence-corrected chi connectivity index (χ0v) is 10.3. The van der Waals surface area contributed by atoms with Crippen molar-refractivity contribution in [3.8, 4) is 0 Å². The number of aryl methyl sites for hydroxylation is 1. The maximum absolute atomic E-state index is 10.9. The molecule has 1 atom stereocenters. The molecule has 3 nitrogen and oxygen atoms in total. The summed E-state index contributed by atoms with van der Waals surface area (Å²) in [5.74, 6) is -1.04. The van der Waals surface area contributed by atoms with Gasteiger partial charge in [-0.15, -0.1) is 11.3 Å². The summed E-state index contributed by atoms with van der Waals surface area (Å²) in [5.41, 5.74) is 1.21. The summed E-state index contributed by atoms with van der Waals surface area (Å²) in [5, 5.41) is 11.1. The second-order valence-electron chi connectivity index (χ2n) is 4.65. The van der Waals surface area contributed by atoms with Crippen LogP contribution in [0.3, 0.4) is 0 Å². The zero-order valence-electron chi connectivity index (χ0n) is 9.53. The maximum Gasteiger partial charge on any atom is 0.306 e. The minimum Gasteiger partial charge on any atom is -0.481 e. The van der Waals surface area contributed by atoms with Gasteiger partial charge in [-0.25, -0.2) is 0 Å². The summed E-state index contributed by atoms with van der Waals surface area (Å²) in [6, 6.07) is 2.09. The van der Waals surface area contributed by atoms with E-state index >= 15 is 0 Å². The molecule has 88 valence electrons. The Balaban J connectivity index is 2.20. The maximum atomic E-state index is 10.9. The molecule has 1 aromatic rings. The molecule has 1 aliphatic rings. The van der Waals surface area contributed by atoms with E-state index in [0.717, 1.165) is 0 Å². The summed E-state index contributed by atoms with van der Waals surface area (Å²) < 4.78 is 5.31. The van der Waals surface area contributed by atoms with Gasteiger partial charge >= 0.3 is 5.97 Å². The molecule has 1 N–H and O–H groups in total. The van der Waals surface area contributed by atoms with E-state index in [2.05, 4.69) is 18.4 Å². The normalized spacial score (nSPS) is 20.1. The molecule has 2 heterocycles. The molecular formula is C12H16O3S. The van der Waals surface area contributed by atoms with Gasteiger partial charge in [-0.1, -0.05) is 6.92 Å². The van der Waals surface area contributed by atoms with Crippen LogP contribution in [0, 0.1) is 12.8 Å². The van der Waals surface area contributed by atoms with Crippen molar-refractivity contribution in [1.29, 1.82) is 0 Å². The van der Waals surface area contributed by atoms with E-state index in [-0.39, 0.29) is 11.3 Å². The van der Waals surface area contributed by atoms with Crippen LogP contribution in [0.5, 0.6) is 0 Å². The summed E-state index contributed by atoms with van der Waals surface area (Å²) in [7, 11) is 0. The molecule has 1 aromatic heterocycles. The molecule has 1 unspecified atom stereocenters. The van der Waals surface area contributed by atoms with Gasteiger partial charge in [-0.05, 0) is 30.4 Å². The highest BCUT2D eigenvalue weighted by Gasteiger charge is 2.44. The van der Waals surface area contributed by atoms with Gasteiger partial charge in [0.2, 0.25) is 0 Å². The number of aliphatic carboxylic acids is 1. The van der Waals surface area contributed by atoms with Crippen molar-refractivity contribution in [3.05, 3.63) is 21.9 Å². The first kappa shape index (κ1) is 11.6. The zero-order chi connectivity index (χ0) is 11.8. The first-order valence-electron chi connectivity index (χ1n) is 5.40. The molecular weight excluding hydrogens is 224 g/mol. The van der Waals surface area contributed by atoms with Gasteiger partial charge < -0.3 is 9.84 Å². The van der Waals surface area contributed by atoms with Gasteiger partial charge in [0.1, 0.15) is 0 Å². The number of rotatable bonds is 4. The topological polar surface area (TPSA) is 46.5 Å². The van der Waals surface area contributed by atoms with E-state index in [1.165, 1.54) is 10.4 Å². The average Bonchev–Trinajstić information content (AvgIpc) is 2.58. The minimum atomic E-state index is -0.722. The van der Waals surface area contributed by atoms with Crippen molar-refractivity contribution in [1.82, 2.24) is 0 Å². The number of thiophene rings is 1. The highest BCUT2D eigenvalue weighted by Crippen LogP contribution is 2.42. The fourth-order valence-electron chi connectivity index (χ4n) is 2.28. The number of carbonyl (C=O) groups is 1. The summed E-state index contributed by atoms with van der Waals surface area (Å²) in [6.07, 6.45) is 0.670. The molecule has 0 spiro atoms. The average molecular weight is 240 g/mol. The Morgan fingerprint density at radius 3 is 2.75 bits per heavy atom. The van der Waals surface area contributed by atoms with E-state index in [4.69, 9.17) is 9.84 Å². The quantitative estimate of drug-likeness (QED) is 0.879. The Hall–Kier alpha value is -0.870. The molecule has 0 aromatic carbocycles. The predicted molar refractivity (Wildman–Crippen MR) is 63.0 cm³/mol. The van der Waals surface area contributed by atoms with E-state index in [1.54, 1.807) is 18.3 Å². The first-order valence-corrected chi connectivity index (χ1v) is 6.28. The van der Waals surface area contributed by atoms with Crippen molar-refractivity contribution in [2.75, 3.05) is 13.2 Å². The van der Waals surface area contributed by atoms with Crippen molar-refractivity contribution in [2.24, 2.45) is 5.92 Å². The van der Waals surface area contributed by atoms with Crippen LogP contribution in [0.25, 0.3) is 0 Å². The van der Waals surface area contributed by atoms with Crippen molar-refractivity contribution >= 4 is 17.3 Å². The van der Waals surface area contributed by atoms with Crippen LogP contribution in [0.4, 0.5) is 0 Å². The van der Waals surface area contributed by atoms with E-state index in [0.29, 0.717) is 19.6 Å². The van der Waals surface area contributed by atoms with Gasteiger partial charge in [-0.2, -0.15) is 0 Å². The lowest BCUT2D eigenvalue weighted by Crippen LogP contribution is -2.48. The van der Waals surface area contributed by atoms with Crippen LogP contribution in [0.1, 0.15) is 23.8 Å². The Bertz CT molecular complexity index is 393. The van der Waals surface area contributed by atoms with Crippen LogP contribution >= 0.6 is 11.3 Å². The molecule has 1 fully saturated rings. The van der Waals surface area contributed by atoms with E-state index in [1.807, 2.05) is 0 Å². The van der Waals surface area contributed by atoms with E-state index < -0.39 is 5.97 Å². The van der Waals surface area contributed by atoms with Gasteiger partial charge in [0.25, 0.3) is 0 Å². The Morgan fingerprint density at radius 2 is 2.38 bits per heavy atom. The van der Waals surface area contributed by atoms with Gasteiger partial charge in [0.05, 0.1) is 24.5 Å². The standard InChI is InChI=1S/C12H16O3S/c1-8-3-4-16-10(8)12(6-15-7-12)5-9(2)11(13)14/h3-4,9H,5-7H2,1-2H3,(H,13,14). The predicted octanol–water partition coefficient (Wildman–Crippen LogP) is 2.44. The second kappa shape index (κ2) is 4.18. The van der Waals surface area contributed by atoms with Crippen molar-refractivity contribution < 1.29 is 14.6 Å². The third-order valence-electron chi connectivity index (χ3n) is 3.22. The fourth-order valence-corrected chi connectivity index (χ4v) is 3.39. The van der Waals surface area contributed by atoms with Crippen LogP contribution in [0.15, 0.2) is 11.4 Å². The summed E-state index contributed by atoms with van der Waals surface area (Å²) in [6.45, 7) is 5.17. The van der Waals surface area contributed by atoms with Crippen LogP contribution in [0.2, 0.25) is 0 Å². The number of ether oxygens (including phenoxy) is 1. The highest BCUT2D eigenvalue weighted by atomic mass is 32.1. The van der Waals surface area contributed by atoms with Crippen LogP contribution in [-0.2, 0) is 14.9 Å². The van der Waals surface area contributed by atoms with Gasteiger partial charge in [0.15, 0.2) is 0 Å². The largest absolute Gasteiger partial charge is 0.481 e. The van der Waals surface area contributed by atoms with Gasteiger partial charge in [0, 0.05) is 4.88 Å². The molecule has 2 rings (SSSR count). The van der Waals surface area contributed by atoms with Crippen LogP contribution in [-0.4, -0.2) is 24.3 Å². The molecule has 0 amide bonds. The fraction of sp³-hybridized carbons (Fsp3) is 0.583. The lowest BCUT2D eigenvalue weighted by atomic mass is 9.75. The number of hydrogen-bond acceptors (Lipinski definition) is 3. The molecule has 4 heteroatoms. The van der Waals surface area contributed by atoms with Crippen LogP contribution < -0.4 is 0 Å². The third kappa shape index (κ3) is 1.87. The molecule has 0 bridgehead atoms. The molecule has 16 heavy (non-hydrogen) atoms. The summed E-state index contributed by atoms with van der Waals surface area (Å²) in [4.78, 5) is 12.2. The summed E-state index contributed by atoms with van der Waals surface area (Å²) >= 11 is 1.71. The Morgan fingerprint density at radius 1 is 1.69 bits per heavy atom. The molecule has 1 aliphatic heterocycles. The number of carboxylic acid groups (broad SMARTS) is 1. The Labute approximate surface area is 99.1 Å². The first-order chi connectivity index (χ1) is 7.55. The molecule has 1 saturated heterocycles. The monoisotopic (exact) mass is 240 g/mol. The van der Waals surface area contributed by atoms with E-state index in [9.17, 15) is 4.79 Å². The number of carboxylic acids is 1. The SMILES string of the molecule is Cc1ccsc1C1(CC(C)C(=O)O)COC1. The lowest BCUT2D eigenvalue weighted by molar-refractivity contribution is -0.144. The molecule has 0 aliphatic carbocycles. The minimum absolute atomic E-state index is 0.0456. The third-order valence-corrected chi connectivity index (χ3v) is 4.48. The smallest absolute Gasteiger partial charge is 0.306 e. The number of hydrogen-bond donors (Lipinski definition) is 1. The highest BCUT2D eigenvalue weighted by molar-refractivity contribution is 7.10. The van der Waals surface area contributed by atoms with Gasteiger partial charge in [-0.3, -0.25) is 4.79 Å². The lowest BCUT2D eigenvalue weighted by Gasteiger charge is -2.42. The molecule has 0 radical (unpaired) electrons. The van der Waals surface area contributed by atoms with Crippen molar-refractivity contribution in [2.45, 2.75) is 25.7 Å².